The Morgan fingerprint density at radius 1 is 0.872 bits per heavy atom. The summed E-state index contributed by atoms with van der Waals surface area (Å²) in [7, 11) is -10.4. The second-order valence-corrected chi connectivity index (χ2v) is 36.2. The SMILES string of the molecule is COC(C)COOCCC1C(O)C[N+]12CCNC2CC[Si](C)(O[Si](C)(C)O[Si](C)(C)C)O[Si](C)(Cc1ccc(N)cc1)O[Si](C)(C)C. The predicted octanol–water partition coefficient (Wildman–Crippen LogP) is 5.19. The molecule has 1 spiro atoms. The summed E-state index contributed by atoms with van der Waals surface area (Å²) in [6, 6.07) is 9.69. The van der Waals surface area contributed by atoms with E-state index in [2.05, 4.69) is 82.9 Å². The third kappa shape index (κ3) is 12.8. The van der Waals surface area contributed by atoms with Crippen molar-refractivity contribution in [3.63, 3.8) is 0 Å². The van der Waals surface area contributed by atoms with E-state index in [0.29, 0.717) is 13.2 Å². The van der Waals surface area contributed by atoms with Gasteiger partial charge in [0.25, 0.3) is 0 Å². The van der Waals surface area contributed by atoms with Crippen molar-refractivity contribution in [1.82, 2.24) is 5.32 Å². The fourth-order valence-corrected chi connectivity index (χ4v) is 31.1. The van der Waals surface area contributed by atoms with Crippen molar-refractivity contribution in [1.29, 1.82) is 0 Å². The lowest BCUT2D eigenvalue weighted by atomic mass is 9.90. The van der Waals surface area contributed by atoms with E-state index in [0.717, 1.165) is 54.7 Å². The molecule has 11 nitrogen and oxygen atoms in total. The first kappa shape index (κ1) is 41.1. The molecule has 3 rings (SSSR count). The van der Waals surface area contributed by atoms with Gasteiger partial charge in [-0.05, 0) is 96.1 Å². The first-order valence-corrected chi connectivity index (χ1v) is 32.0. The van der Waals surface area contributed by atoms with Gasteiger partial charge in [-0.25, -0.2) is 9.78 Å². The van der Waals surface area contributed by atoms with E-state index in [1.165, 1.54) is 5.56 Å². The van der Waals surface area contributed by atoms with Crippen LogP contribution in [0.15, 0.2) is 24.3 Å². The number of aliphatic hydroxyl groups is 1. The van der Waals surface area contributed by atoms with Crippen LogP contribution in [0.5, 0.6) is 0 Å². The van der Waals surface area contributed by atoms with Crippen molar-refractivity contribution >= 4 is 48.0 Å². The van der Waals surface area contributed by atoms with Crippen molar-refractivity contribution in [2.45, 2.75) is 122 Å². The zero-order valence-corrected chi connectivity index (χ0v) is 36.3. The minimum Gasteiger partial charge on any atom is -0.437 e. The standard InChI is InChI=1S/C31H66N3O8Si5/c1-26(36-2)24-38-37-21-17-29-30(35)23-34(29)20-19-33-31(34)18-22-46(11,41-45(9,10)39-43(3,4)5)42-47(12,40-44(6,7)8)25-27-13-15-28(32)16-14-27/h13-16,26,29-31,33,35H,17-25,32H2,1-12H3/q+1. The summed E-state index contributed by atoms with van der Waals surface area (Å²) < 4.78 is 34.4. The number of nitrogen functional groups attached to an aromatic ring is 1. The van der Waals surface area contributed by atoms with Crippen molar-refractivity contribution in [2.75, 3.05) is 45.7 Å². The lowest BCUT2D eigenvalue weighted by Gasteiger charge is -2.56. The van der Waals surface area contributed by atoms with E-state index in [1.807, 2.05) is 19.1 Å². The fraction of sp³-hybridized carbons (Fsp3) is 0.806. The predicted molar refractivity (Wildman–Crippen MR) is 200 cm³/mol. The summed E-state index contributed by atoms with van der Waals surface area (Å²) in [4.78, 5) is 10.8. The summed E-state index contributed by atoms with van der Waals surface area (Å²) >= 11 is 0. The van der Waals surface area contributed by atoms with Crippen molar-refractivity contribution in [2.24, 2.45) is 0 Å². The van der Waals surface area contributed by atoms with Gasteiger partial charge in [0.15, 0.2) is 22.7 Å². The van der Waals surface area contributed by atoms with E-state index in [-0.39, 0.29) is 24.4 Å². The van der Waals surface area contributed by atoms with Crippen LogP contribution >= 0.6 is 0 Å². The number of hydrogen-bond acceptors (Lipinski definition) is 10. The molecule has 7 atom stereocenters. The zero-order valence-electron chi connectivity index (χ0n) is 31.3. The molecule has 2 aliphatic rings. The molecule has 0 saturated carbocycles. The maximum Gasteiger partial charge on any atom is 0.320 e. The van der Waals surface area contributed by atoms with E-state index >= 15 is 0 Å². The molecule has 2 aliphatic heterocycles. The number of nitrogens with zero attached hydrogens (tertiary/aromatic N) is 1. The second kappa shape index (κ2) is 16.4. The Kier molecular flexibility index (Phi) is 14.3. The van der Waals surface area contributed by atoms with Gasteiger partial charge in [0.05, 0.1) is 25.8 Å². The van der Waals surface area contributed by atoms with Gasteiger partial charge in [0.2, 0.25) is 0 Å². The molecular weight excluding hydrogens is 683 g/mol. The number of aliphatic hydroxyl groups excluding tert-OH is 1. The molecule has 1 aromatic carbocycles. The molecule has 7 unspecified atom stereocenters. The summed E-state index contributed by atoms with van der Waals surface area (Å²) in [5.74, 6) is 0. The Bertz CT molecular complexity index is 1130. The Morgan fingerprint density at radius 3 is 2.09 bits per heavy atom. The Labute approximate surface area is 290 Å². The van der Waals surface area contributed by atoms with Gasteiger partial charge in [-0.2, -0.15) is 0 Å². The number of rotatable bonds is 20. The molecule has 0 bridgehead atoms. The number of quaternary nitrogens is 1. The average Bonchev–Trinajstić information content (AvgIpc) is 3.32. The van der Waals surface area contributed by atoms with Crippen molar-refractivity contribution < 1.29 is 40.6 Å². The summed E-state index contributed by atoms with van der Waals surface area (Å²) in [5, 5.41) is 14.7. The highest BCUT2D eigenvalue weighted by Gasteiger charge is 2.60. The number of anilines is 1. The third-order valence-corrected chi connectivity index (χ3v) is 26.8. The second-order valence-electron chi connectivity index (χ2n) is 16.3. The number of nitrogens with two attached hydrogens (primary N) is 1. The number of ether oxygens (including phenoxy) is 1. The molecule has 2 heterocycles. The normalized spacial score (nSPS) is 27.0. The van der Waals surface area contributed by atoms with Gasteiger partial charge in [0, 0.05) is 31.7 Å². The maximum atomic E-state index is 10.9. The highest BCUT2D eigenvalue weighted by atomic mass is 28.5. The van der Waals surface area contributed by atoms with Gasteiger partial charge in [-0.3, -0.25) is 5.32 Å². The van der Waals surface area contributed by atoms with Crippen LogP contribution in [0.25, 0.3) is 0 Å². The topological polar surface area (TPSA) is 123 Å². The van der Waals surface area contributed by atoms with Crippen molar-refractivity contribution in [3.8, 4) is 0 Å². The lowest BCUT2D eigenvalue weighted by molar-refractivity contribution is -1.01. The maximum absolute atomic E-state index is 10.9. The van der Waals surface area contributed by atoms with Crippen molar-refractivity contribution in [3.05, 3.63) is 29.8 Å². The van der Waals surface area contributed by atoms with Gasteiger partial charge in [-0.15, -0.1) is 0 Å². The average molecular weight is 749 g/mol. The first-order chi connectivity index (χ1) is 21.6. The van der Waals surface area contributed by atoms with E-state index in [9.17, 15) is 5.11 Å². The number of methoxy groups -OCH3 is 1. The Hall–Kier alpha value is -0.296. The van der Waals surface area contributed by atoms with E-state index < -0.39 is 42.3 Å². The molecular formula is C31H66N3O8Si5+. The molecule has 1 aromatic rings. The molecule has 0 amide bonds. The minimum absolute atomic E-state index is 0.0329. The van der Waals surface area contributed by atoms with Gasteiger partial charge >= 0.3 is 25.7 Å². The molecule has 4 N–H and O–H groups in total. The van der Waals surface area contributed by atoms with E-state index in [1.54, 1.807) is 7.11 Å². The summed E-state index contributed by atoms with van der Waals surface area (Å²) in [5.41, 5.74) is 7.94. The van der Waals surface area contributed by atoms with E-state index in [4.69, 9.17) is 36.7 Å². The van der Waals surface area contributed by atoms with Gasteiger partial charge in [-0.1, -0.05) is 12.1 Å². The molecule has 2 fully saturated rings. The van der Waals surface area contributed by atoms with Crippen LogP contribution in [-0.2, 0) is 37.0 Å². The summed E-state index contributed by atoms with van der Waals surface area (Å²) in [6.07, 6.45) is 1.42. The van der Waals surface area contributed by atoms with Crippen LogP contribution in [0.3, 0.4) is 0 Å². The number of benzene rings is 1. The quantitative estimate of drug-likeness (QED) is 0.0411. The third-order valence-electron chi connectivity index (χ3n) is 8.79. The van der Waals surface area contributed by atoms with Gasteiger partial charge in [0.1, 0.15) is 25.4 Å². The Morgan fingerprint density at radius 2 is 1.51 bits per heavy atom. The highest BCUT2D eigenvalue weighted by molar-refractivity contribution is 6.90. The van der Waals surface area contributed by atoms with Crippen LogP contribution in [0, 0.1) is 0 Å². The molecule has 2 saturated heterocycles. The zero-order chi connectivity index (χ0) is 35.3. The molecule has 0 aromatic heterocycles. The summed E-state index contributed by atoms with van der Waals surface area (Å²) in [6.45, 7) is 27.5. The van der Waals surface area contributed by atoms with Crippen LogP contribution in [0.2, 0.25) is 71.5 Å². The smallest absolute Gasteiger partial charge is 0.320 e. The molecule has 0 aliphatic carbocycles. The largest absolute Gasteiger partial charge is 0.437 e. The Balaban J connectivity index is 1.82. The number of hydrogen-bond donors (Lipinski definition) is 3. The lowest BCUT2D eigenvalue weighted by Crippen LogP contribution is -2.76. The molecule has 0 radical (unpaired) electrons. The molecule has 272 valence electrons. The van der Waals surface area contributed by atoms with Gasteiger partial charge < -0.3 is 36.5 Å². The molecule has 47 heavy (non-hydrogen) atoms. The number of nitrogens with one attached hydrogen (secondary N) is 1. The van der Waals surface area contributed by atoms with Crippen LogP contribution in [-0.4, -0.2) is 116 Å². The monoisotopic (exact) mass is 748 g/mol. The molecule has 16 heteroatoms. The van der Waals surface area contributed by atoms with Crippen LogP contribution in [0.1, 0.15) is 25.3 Å². The fourth-order valence-electron chi connectivity index (χ4n) is 7.45. The van der Waals surface area contributed by atoms with Crippen LogP contribution < -0.4 is 11.1 Å². The highest BCUT2D eigenvalue weighted by Crippen LogP contribution is 2.40. The van der Waals surface area contributed by atoms with Crippen LogP contribution in [0.4, 0.5) is 5.69 Å². The first-order valence-electron chi connectivity index (χ1n) is 17.3. The minimum atomic E-state index is -2.87.